The number of rotatable bonds is 4. The molecule has 1 aliphatic carbocycles. The van der Waals surface area contributed by atoms with Crippen LogP contribution in [0, 0.1) is 5.92 Å². The van der Waals surface area contributed by atoms with E-state index < -0.39 is 0 Å². The van der Waals surface area contributed by atoms with E-state index in [4.69, 9.17) is 17.0 Å². The van der Waals surface area contributed by atoms with Gasteiger partial charge in [-0.25, -0.2) is 0 Å². The van der Waals surface area contributed by atoms with Gasteiger partial charge in [0.2, 0.25) is 0 Å². The number of benzene rings is 1. The first kappa shape index (κ1) is 14.1. The molecule has 4 heteroatoms. The van der Waals surface area contributed by atoms with Crippen LogP contribution in [0.2, 0.25) is 0 Å². The first-order valence-electron chi connectivity index (χ1n) is 6.97. The molecule has 1 fully saturated rings. The van der Waals surface area contributed by atoms with Crippen molar-refractivity contribution in [1.82, 2.24) is 5.32 Å². The molecule has 0 aliphatic heterocycles. The van der Waals surface area contributed by atoms with Gasteiger partial charge >= 0.3 is 0 Å². The van der Waals surface area contributed by atoms with Gasteiger partial charge in [-0.2, -0.15) is 0 Å². The van der Waals surface area contributed by atoms with E-state index in [1.807, 2.05) is 24.3 Å². The van der Waals surface area contributed by atoms with Crippen LogP contribution >= 0.6 is 12.2 Å². The van der Waals surface area contributed by atoms with E-state index in [0.29, 0.717) is 5.11 Å². The van der Waals surface area contributed by atoms with E-state index in [0.717, 1.165) is 23.9 Å². The second-order valence-corrected chi connectivity index (χ2v) is 5.48. The fourth-order valence-corrected chi connectivity index (χ4v) is 2.68. The van der Waals surface area contributed by atoms with Gasteiger partial charge in [-0.1, -0.05) is 19.3 Å². The largest absolute Gasteiger partial charge is 0.497 e. The first-order valence-corrected chi connectivity index (χ1v) is 7.37. The third-order valence-electron chi connectivity index (χ3n) is 3.62. The molecular weight excluding hydrogens is 256 g/mol. The second kappa shape index (κ2) is 7.34. The molecular formula is C15H22N2OS. The van der Waals surface area contributed by atoms with E-state index in [2.05, 4.69) is 10.6 Å². The molecule has 0 spiro atoms. The molecule has 2 N–H and O–H groups in total. The van der Waals surface area contributed by atoms with Gasteiger partial charge in [0.25, 0.3) is 0 Å². The number of nitrogens with one attached hydrogen (secondary N) is 2. The number of methoxy groups -OCH3 is 1. The normalized spacial score (nSPS) is 15.8. The number of anilines is 1. The van der Waals surface area contributed by atoms with Crippen LogP contribution in [0.4, 0.5) is 5.69 Å². The van der Waals surface area contributed by atoms with Gasteiger partial charge in [-0.05, 0) is 55.2 Å². The summed E-state index contributed by atoms with van der Waals surface area (Å²) in [6.45, 7) is 0.988. The van der Waals surface area contributed by atoms with E-state index in [-0.39, 0.29) is 0 Å². The summed E-state index contributed by atoms with van der Waals surface area (Å²) >= 11 is 5.31. The molecule has 19 heavy (non-hydrogen) atoms. The van der Waals surface area contributed by atoms with Crippen LogP contribution in [0.5, 0.6) is 5.75 Å². The van der Waals surface area contributed by atoms with Crippen molar-refractivity contribution in [2.75, 3.05) is 19.0 Å². The quantitative estimate of drug-likeness (QED) is 0.825. The monoisotopic (exact) mass is 278 g/mol. The molecule has 0 bridgehead atoms. The summed E-state index contributed by atoms with van der Waals surface area (Å²) in [7, 11) is 1.67. The Morgan fingerprint density at radius 1 is 1.21 bits per heavy atom. The topological polar surface area (TPSA) is 33.3 Å². The average Bonchev–Trinajstić information content (AvgIpc) is 2.47. The molecule has 0 atom stereocenters. The molecule has 0 aromatic heterocycles. The van der Waals surface area contributed by atoms with Gasteiger partial charge in [0.1, 0.15) is 5.75 Å². The maximum atomic E-state index is 5.31. The minimum atomic E-state index is 0.704. The van der Waals surface area contributed by atoms with E-state index >= 15 is 0 Å². The summed E-state index contributed by atoms with van der Waals surface area (Å²) in [4.78, 5) is 0. The summed E-state index contributed by atoms with van der Waals surface area (Å²) in [5.41, 5.74) is 0.988. The summed E-state index contributed by atoms with van der Waals surface area (Å²) in [5.74, 6) is 1.64. The first-order chi connectivity index (χ1) is 9.28. The fraction of sp³-hybridized carbons (Fsp3) is 0.533. The van der Waals surface area contributed by atoms with Gasteiger partial charge < -0.3 is 15.4 Å². The van der Waals surface area contributed by atoms with Crippen molar-refractivity contribution in [3.05, 3.63) is 24.3 Å². The highest BCUT2D eigenvalue weighted by Crippen LogP contribution is 2.22. The Bertz CT molecular complexity index is 399. The van der Waals surface area contributed by atoms with Crippen molar-refractivity contribution < 1.29 is 4.74 Å². The smallest absolute Gasteiger partial charge is 0.170 e. The van der Waals surface area contributed by atoms with Crippen LogP contribution in [0.15, 0.2) is 24.3 Å². The van der Waals surface area contributed by atoms with Crippen LogP contribution in [0.1, 0.15) is 32.1 Å². The molecule has 104 valence electrons. The number of thiocarbonyl (C=S) groups is 1. The lowest BCUT2D eigenvalue weighted by atomic mass is 9.89. The lowest BCUT2D eigenvalue weighted by Gasteiger charge is -2.22. The van der Waals surface area contributed by atoms with Crippen molar-refractivity contribution in [1.29, 1.82) is 0 Å². The van der Waals surface area contributed by atoms with E-state index in [9.17, 15) is 0 Å². The zero-order valence-corrected chi connectivity index (χ0v) is 12.3. The summed E-state index contributed by atoms with van der Waals surface area (Å²) in [6.07, 6.45) is 6.79. The molecule has 0 unspecified atom stereocenters. The van der Waals surface area contributed by atoms with Crippen molar-refractivity contribution >= 4 is 23.0 Å². The lowest BCUT2D eigenvalue weighted by molar-refractivity contribution is 0.357. The third-order valence-corrected chi connectivity index (χ3v) is 3.87. The zero-order valence-electron chi connectivity index (χ0n) is 11.4. The van der Waals surface area contributed by atoms with Gasteiger partial charge in [0.05, 0.1) is 7.11 Å². The number of ether oxygens (including phenoxy) is 1. The van der Waals surface area contributed by atoms with Gasteiger partial charge in [-0.15, -0.1) is 0 Å². The Kier molecular flexibility index (Phi) is 5.45. The molecule has 3 nitrogen and oxygen atoms in total. The molecule has 0 heterocycles. The highest BCUT2D eigenvalue weighted by atomic mass is 32.1. The minimum absolute atomic E-state index is 0.704. The SMILES string of the molecule is COc1ccc(NC(=S)NCC2CCCCC2)cc1. The lowest BCUT2D eigenvalue weighted by Crippen LogP contribution is -2.33. The Balaban J connectivity index is 1.73. The Morgan fingerprint density at radius 3 is 2.53 bits per heavy atom. The van der Waals surface area contributed by atoms with E-state index in [1.165, 1.54) is 32.1 Å². The minimum Gasteiger partial charge on any atom is -0.497 e. The standard InChI is InChI=1S/C15H22N2OS/c1-18-14-9-7-13(8-10-14)17-15(19)16-11-12-5-3-2-4-6-12/h7-10,12H,2-6,11H2,1H3,(H2,16,17,19). The van der Waals surface area contributed by atoms with Crippen molar-refractivity contribution in [3.63, 3.8) is 0 Å². The highest BCUT2D eigenvalue weighted by Gasteiger charge is 2.13. The second-order valence-electron chi connectivity index (χ2n) is 5.07. The Hall–Kier alpha value is -1.29. The molecule has 1 aliphatic rings. The van der Waals surface area contributed by atoms with Crippen molar-refractivity contribution in [2.24, 2.45) is 5.92 Å². The summed E-state index contributed by atoms with van der Waals surface area (Å²) in [5, 5.41) is 7.22. The summed E-state index contributed by atoms with van der Waals surface area (Å²) in [6, 6.07) is 7.78. The van der Waals surface area contributed by atoms with Crippen LogP contribution in [0.25, 0.3) is 0 Å². The molecule has 1 aromatic carbocycles. The zero-order chi connectivity index (χ0) is 13.5. The predicted molar refractivity (Wildman–Crippen MR) is 83.8 cm³/mol. The number of hydrogen-bond acceptors (Lipinski definition) is 2. The van der Waals surface area contributed by atoms with Crippen molar-refractivity contribution in [3.8, 4) is 5.75 Å². The van der Waals surface area contributed by atoms with Crippen LogP contribution in [0.3, 0.4) is 0 Å². The molecule has 0 radical (unpaired) electrons. The van der Waals surface area contributed by atoms with Crippen molar-refractivity contribution in [2.45, 2.75) is 32.1 Å². The van der Waals surface area contributed by atoms with Gasteiger partial charge in [-0.3, -0.25) is 0 Å². The molecule has 0 amide bonds. The van der Waals surface area contributed by atoms with Crippen LogP contribution in [-0.2, 0) is 0 Å². The summed E-state index contributed by atoms with van der Waals surface area (Å²) < 4.78 is 5.12. The Labute approximate surface area is 120 Å². The van der Waals surface area contributed by atoms with Crippen LogP contribution < -0.4 is 15.4 Å². The molecule has 1 saturated carbocycles. The van der Waals surface area contributed by atoms with Gasteiger partial charge in [0, 0.05) is 12.2 Å². The predicted octanol–water partition coefficient (Wildman–Crippen LogP) is 3.56. The third kappa shape index (κ3) is 4.71. The van der Waals surface area contributed by atoms with Crippen LogP contribution in [-0.4, -0.2) is 18.8 Å². The average molecular weight is 278 g/mol. The molecule has 2 rings (SSSR count). The number of hydrogen-bond donors (Lipinski definition) is 2. The fourth-order valence-electron chi connectivity index (χ4n) is 2.48. The molecule has 0 saturated heterocycles. The molecule has 1 aromatic rings. The van der Waals surface area contributed by atoms with Gasteiger partial charge in [0.15, 0.2) is 5.11 Å². The highest BCUT2D eigenvalue weighted by molar-refractivity contribution is 7.80. The maximum absolute atomic E-state index is 5.31. The van der Waals surface area contributed by atoms with E-state index in [1.54, 1.807) is 7.11 Å². The Morgan fingerprint density at radius 2 is 1.89 bits per heavy atom. The maximum Gasteiger partial charge on any atom is 0.170 e.